The molecular weight excluding hydrogens is 358 g/mol. The molecule has 0 atom stereocenters. The molecule has 7 nitrogen and oxygen atoms in total. The molecule has 0 spiro atoms. The second-order valence-electron chi connectivity index (χ2n) is 7.76. The Labute approximate surface area is 160 Å². The molecule has 142 valence electrons. The Balaban J connectivity index is 1.52. The highest BCUT2D eigenvalue weighted by molar-refractivity contribution is 6.00. The lowest BCUT2D eigenvalue weighted by molar-refractivity contribution is -0.145. The summed E-state index contributed by atoms with van der Waals surface area (Å²) >= 11 is 0. The number of carbonyl (C=O) groups excluding carboxylic acids is 1. The van der Waals surface area contributed by atoms with Gasteiger partial charge < -0.3 is 10.4 Å². The molecule has 0 saturated heterocycles. The molecule has 2 saturated carbocycles. The maximum Gasteiger partial charge on any atom is 0.306 e. The Kier molecular flexibility index (Phi) is 3.72. The summed E-state index contributed by atoms with van der Waals surface area (Å²) in [6.07, 6.45) is 4.77. The normalized spacial score (nSPS) is 21.4. The number of nitrogens with zero attached hydrogens (tertiary/aromatic N) is 2. The van der Waals surface area contributed by atoms with Crippen LogP contribution >= 0.6 is 0 Å². The van der Waals surface area contributed by atoms with E-state index in [9.17, 15) is 14.4 Å². The highest BCUT2D eigenvalue weighted by Gasteiger charge is 2.35. The number of carboxylic acid groups (broad SMARTS) is 1. The molecule has 0 unspecified atom stereocenters. The summed E-state index contributed by atoms with van der Waals surface area (Å²) < 4.78 is 1.41. The predicted octanol–water partition coefficient (Wildman–Crippen LogP) is 2.32. The van der Waals surface area contributed by atoms with Crippen molar-refractivity contribution in [3.8, 4) is 0 Å². The van der Waals surface area contributed by atoms with Crippen molar-refractivity contribution in [2.45, 2.75) is 37.6 Å². The maximum absolute atomic E-state index is 13.0. The Morgan fingerprint density at radius 1 is 1.18 bits per heavy atom. The summed E-state index contributed by atoms with van der Waals surface area (Å²) in [7, 11) is 0. The Morgan fingerprint density at radius 2 is 1.96 bits per heavy atom. The average Bonchev–Trinajstić information content (AvgIpc) is 3.48. The number of hydrogen-bond acceptors (Lipinski definition) is 4. The van der Waals surface area contributed by atoms with Crippen LogP contribution in [0.15, 0.2) is 41.3 Å². The minimum atomic E-state index is -0.832. The number of benzene rings is 1. The lowest BCUT2D eigenvalue weighted by atomic mass is 9.80. The monoisotopic (exact) mass is 377 g/mol. The summed E-state index contributed by atoms with van der Waals surface area (Å²) in [6.45, 7) is 0. The van der Waals surface area contributed by atoms with Crippen LogP contribution < -0.4 is 10.9 Å². The molecule has 2 aliphatic carbocycles. The van der Waals surface area contributed by atoms with E-state index >= 15 is 0 Å². The molecule has 0 bridgehead atoms. The molecule has 28 heavy (non-hydrogen) atoms. The first-order chi connectivity index (χ1) is 13.5. The first-order valence-corrected chi connectivity index (χ1v) is 9.50. The highest BCUT2D eigenvalue weighted by atomic mass is 16.4. The number of rotatable bonds is 4. The van der Waals surface area contributed by atoms with Crippen LogP contribution in [0.5, 0.6) is 0 Å². The van der Waals surface area contributed by atoms with Crippen molar-refractivity contribution in [1.29, 1.82) is 0 Å². The zero-order valence-corrected chi connectivity index (χ0v) is 15.1. The van der Waals surface area contributed by atoms with Crippen molar-refractivity contribution in [3.63, 3.8) is 0 Å². The SMILES string of the molecule is O=C(NC1CC(C(=O)O)C1)c1cccn2c(=O)c3cc(C4CC4)ccc3nc12. The standard InChI is InChI=1S/C21H19N3O4/c25-19(22-14-8-13(9-14)21(27)28)15-2-1-7-24-18(15)23-17-6-5-12(11-3-4-11)10-16(17)20(24)26/h1-2,5-7,10-11,13-14H,3-4,8-9H2,(H,22,25)(H,27,28). The van der Waals surface area contributed by atoms with E-state index in [1.165, 1.54) is 9.96 Å². The summed E-state index contributed by atoms with van der Waals surface area (Å²) in [6, 6.07) is 8.90. The predicted molar refractivity (Wildman–Crippen MR) is 103 cm³/mol. The van der Waals surface area contributed by atoms with Gasteiger partial charge in [-0.1, -0.05) is 6.07 Å². The number of nitrogens with one attached hydrogen (secondary N) is 1. The fraction of sp³-hybridized carbons (Fsp3) is 0.333. The van der Waals surface area contributed by atoms with Crippen molar-refractivity contribution in [3.05, 3.63) is 58.0 Å². The van der Waals surface area contributed by atoms with Crippen molar-refractivity contribution in [1.82, 2.24) is 14.7 Å². The number of pyridine rings is 1. The Morgan fingerprint density at radius 3 is 2.68 bits per heavy atom. The quantitative estimate of drug-likeness (QED) is 0.680. The highest BCUT2D eigenvalue weighted by Crippen LogP contribution is 2.40. The van der Waals surface area contributed by atoms with Gasteiger partial charge in [-0.3, -0.25) is 18.8 Å². The number of carbonyl (C=O) groups is 2. The molecule has 1 amide bonds. The van der Waals surface area contributed by atoms with Gasteiger partial charge in [0, 0.05) is 12.2 Å². The van der Waals surface area contributed by atoms with Crippen LogP contribution in [0.2, 0.25) is 0 Å². The van der Waals surface area contributed by atoms with Crippen LogP contribution in [-0.2, 0) is 4.79 Å². The number of amides is 1. The lowest BCUT2D eigenvalue weighted by Gasteiger charge is -2.32. The third-order valence-corrected chi connectivity index (χ3v) is 5.78. The number of fused-ring (bicyclic) bond motifs is 2. The molecule has 2 fully saturated rings. The van der Waals surface area contributed by atoms with Crippen molar-refractivity contribution < 1.29 is 14.7 Å². The van der Waals surface area contributed by atoms with E-state index in [4.69, 9.17) is 5.11 Å². The molecule has 1 aromatic carbocycles. The Bertz CT molecular complexity index is 1190. The largest absolute Gasteiger partial charge is 0.481 e. The molecule has 2 aromatic heterocycles. The van der Waals surface area contributed by atoms with Crippen LogP contribution in [0.25, 0.3) is 16.6 Å². The number of aliphatic carboxylic acids is 1. The molecule has 2 heterocycles. The smallest absolute Gasteiger partial charge is 0.306 e. The summed E-state index contributed by atoms with van der Waals surface area (Å²) in [5.41, 5.74) is 2.17. The van der Waals surface area contributed by atoms with Gasteiger partial charge in [-0.25, -0.2) is 4.98 Å². The molecule has 0 radical (unpaired) electrons. The van der Waals surface area contributed by atoms with Crippen LogP contribution in [0.4, 0.5) is 0 Å². The van der Waals surface area contributed by atoms with Crippen molar-refractivity contribution >= 4 is 28.4 Å². The van der Waals surface area contributed by atoms with Gasteiger partial charge in [0.15, 0.2) is 5.65 Å². The van der Waals surface area contributed by atoms with E-state index in [2.05, 4.69) is 10.3 Å². The minimum Gasteiger partial charge on any atom is -0.481 e. The zero-order chi connectivity index (χ0) is 19.4. The number of hydrogen-bond donors (Lipinski definition) is 2. The van der Waals surface area contributed by atoms with E-state index in [1.807, 2.05) is 18.2 Å². The van der Waals surface area contributed by atoms with Crippen LogP contribution in [0.3, 0.4) is 0 Å². The third kappa shape index (κ3) is 2.74. The lowest BCUT2D eigenvalue weighted by Crippen LogP contribution is -2.46. The molecule has 5 rings (SSSR count). The van der Waals surface area contributed by atoms with Gasteiger partial charge in [-0.2, -0.15) is 0 Å². The van der Waals surface area contributed by atoms with Gasteiger partial charge in [0.2, 0.25) is 0 Å². The van der Waals surface area contributed by atoms with Crippen LogP contribution in [0, 0.1) is 5.92 Å². The average molecular weight is 377 g/mol. The fourth-order valence-corrected chi connectivity index (χ4v) is 3.89. The first kappa shape index (κ1) is 16.9. The van der Waals surface area contributed by atoms with Crippen LogP contribution in [0.1, 0.15) is 47.5 Å². The number of carboxylic acids is 1. The van der Waals surface area contributed by atoms with E-state index in [0.29, 0.717) is 40.9 Å². The third-order valence-electron chi connectivity index (χ3n) is 5.78. The molecule has 0 aliphatic heterocycles. The molecule has 2 aliphatic rings. The second-order valence-corrected chi connectivity index (χ2v) is 7.76. The summed E-state index contributed by atoms with van der Waals surface area (Å²) in [5.74, 6) is -1.03. The van der Waals surface area contributed by atoms with Gasteiger partial charge in [-0.05, 0) is 61.4 Å². The van der Waals surface area contributed by atoms with Gasteiger partial charge in [-0.15, -0.1) is 0 Å². The van der Waals surface area contributed by atoms with E-state index in [1.54, 1.807) is 18.3 Å². The van der Waals surface area contributed by atoms with Gasteiger partial charge in [0.25, 0.3) is 11.5 Å². The van der Waals surface area contributed by atoms with Gasteiger partial charge >= 0.3 is 5.97 Å². The molecule has 7 heteroatoms. The molecular formula is C21H19N3O4. The van der Waals surface area contributed by atoms with Gasteiger partial charge in [0.1, 0.15) is 0 Å². The van der Waals surface area contributed by atoms with E-state index < -0.39 is 11.9 Å². The van der Waals surface area contributed by atoms with E-state index in [-0.39, 0.29) is 17.5 Å². The second kappa shape index (κ2) is 6.15. The summed E-state index contributed by atoms with van der Waals surface area (Å²) in [4.78, 5) is 41.2. The molecule has 3 aromatic rings. The topological polar surface area (TPSA) is 101 Å². The van der Waals surface area contributed by atoms with E-state index in [0.717, 1.165) is 12.8 Å². The molecule has 2 N–H and O–H groups in total. The Hall–Kier alpha value is -3.22. The summed E-state index contributed by atoms with van der Waals surface area (Å²) in [5, 5.41) is 12.4. The van der Waals surface area contributed by atoms with Crippen molar-refractivity contribution in [2.24, 2.45) is 5.92 Å². The van der Waals surface area contributed by atoms with Gasteiger partial charge in [0.05, 0.1) is 22.4 Å². The van der Waals surface area contributed by atoms with Crippen LogP contribution in [-0.4, -0.2) is 32.4 Å². The first-order valence-electron chi connectivity index (χ1n) is 9.50. The fourth-order valence-electron chi connectivity index (χ4n) is 3.89. The van der Waals surface area contributed by atoms with Crippen molar-refractivity contribution in [2.75, 3.05) is 0 Å². The number of aromatic nitrogens is 2. The minimum absolute atomic E-state index is 0.165. The zero-order valence-electron chi connectivity index (χ0n) is 15.1. The maximum atomic E-state index is 13.0.